The third kappa shape index (κ3) is 2.18. The van der Waals surface area contributed by atoms with Crippen molar-refractivity contribution in [2.24, 2.45) is 0 Å². The zero-order valence-electron chi connectivity index (χ0n) is 7.40. The lowest BCUT2D eigenvalue weighted by Crippen LogP contribution is -2.35. The lowest BCUT2D eigenvalue weighted by molar-refractivity contribution is 0.0347. The predicted molar refractivity (Wildman–Crippen MR) is 52.6 cm³/mol. The monoisotopic (exact) mass is 199 g/mol. The molecule has 0 aliphatic carbocycles. The molecule has 13 heavy (non-hydrogen) atoms. The standard InChI is InChI=1S/C8H13N3OS/c9-8-7(13-6-10-8)5-11-1-3-12-4-2-11/h6H,1-5,9H2. The van der Waals surface area contributed by atoms with E-state index in [9.17, 15) is 0 Å². The molecule has 0 saturated carbocycles. The van der Waals surface area contributed by atoms with Gasteiger partial charge in [-0.3, -0.25) is 4.90 Å². The molecule has 4 nitrogen and oxygen atoms in total. The van der Waals surface area contributed by atoms with E-state index < -0.39 is 0 Å². The van der Waals surface area contributed by atoms with Crippen molar-refractivity contribution in [1.29, 1.82) is 0 Å². The van der Waals surface area contributed by atoms with Crippen LogP contribution in [0.1, 0.15) is 4.88 Å². The molecule has 1 aromatic rings. The Labute approximate surface area is 81.3 Å². The third-order valence-electron chi connectivity index (χ3n) is 2.14. The first-order valence-electron chi connectivity index (χ1n) is 4.34. The highest BCUT2D eigenvalue weighted by molar-refractivity contribution is 7.10. The summed E-state index contributed by atoms with van der Waals surface area (Å²) in [6.07, 6.45) is 0. The second-order valence-corrected chi connectivity index (χ2v) is 3.99. The summed E-state index contributed by atoms with van der Waals surface area (Å²) in [7, 11) is 0. The van der Waals surface area contributed by atoms with Gasteiger partial charge >= 0.3 is 0 Å². The summed E-state index contributed by atoms with van der Waals surface area (Å²) in [4.78, 5) is 7.53. The zero-order valence-corrected chi connectivity index (χ0v) is 8.22. The topological polar surface area (TPSA) is 51.4 Å². The van der Waals surface area contributed by atoms with Gasteiger partial charge in [-0.25, -0.2) is 4.98 Å². The Hall–Kier alpha value is -0.650. The number of nitrogens with two attached hydrogens (primary N) is 1. The Bertz CT molecular complexity index is 270. The number of anilines is 1. The number of thiazole rings is 1. The van der Waals surface area contributed by atoms with Gasteiger partial charge in [-0.2, -0.15) is 0 Å². The average molecular weight is 199 g/mol. The first-order chi connectivity index (χ1) is 6.36. The molecule has 0 atom stereocenters. The molecule has 2 rings (SSSR count). The Morgan fingerprint density at radius 1 is 1.54 bits per heavy atom. The van der Waals surface area contributed by atoms with Crippen LogP contribution in [0, 0.1) is 0 Å². The van der Waals surface area contributed by atoms with Crippen LogP contribution in [0.15, 0.2) is 5.51 Å². The minimum absolute atomic E-state index is 0.677. The second-order valence-electron chi connectivity index (χ2n) is 3.05. The van der Waals surface area contributed by atoms with Crippen molar-refractivity contribution in [3.63, 3.8) is 0 Å². The highest BCUT2D eigenvalue weighted by atomic mass is 32.1. The molecule has 1 fully saturated rings. The van der Waals surface area contributed by atoms with Crippen LogP contribution in [-0.2, 0) is 11.3 Å². The van der Waals surface area contributed by atoms with Crippen LogP contribution in [0.4, 0.5) is 5.82 Å². The predicted octanol–water partition coefficient (Wildman–Crippen LogP) is 0.557. The van der Waals surface area contributed by atoms with Crippen molar-refractivity contribution >= 4 is 17.2 Å². The van der Waals surface area contributed by atoms with Gasteiger partial charge in [0.1, 0.15) is 5.82 Å². The molecule has 1 aliphatic heterocycles. The van der Waals surface area contributed by atoms with Gasteiger partial charge in [0, 0.05) is 19.6 Å². The molecule has 1 saturated heterocycles. The van der Waals surface area contributed by atoms with Gasteiger partial charge in [-0.05, 0) is 0 Å². The number of hydrogen-bond donors (Lipinski definition) is 1. The normalized spacial score (nSPS) is 19.1. The van der Waals surface area contributed by atoms with Crippen LogP contribution >= 0.6 is 11.3 Å². The van der Waals surface area contributed by atoms with Crippen LogP contribution in [0.5, 0.6) is 0 Å². The summed E-state index contributed by atoms with van der Waals surface area (Å²) in [5.41, 5.74) is 7.50. The lowest BCUT2D eigenvalue weighted by atomic mass is 10.4. The van der Waals surface area contributed by atoms with Gasteiger partial charge in [0.2, 0.25) is 0 Å². The van der Waals surface area contributed by atoms with Gasteiger partial charge in [0.15, 0.2) is 0 Å². The first kappa shape index (κ1) is 8.93. The van der Waals surface area contributed by atoms with Gasteiger partial charge in [-0.1, -0.05) is 0 Å². The molecule has 0 unspecified atom stereocenters. The molecule has 0 radical (unpaired) electrons. The number of rotatable bonds is 2. The molecular formula is C8H13N3OS. The minimum atomic E-state index is 0.677. The fourth-order valence-corrected chi connectivity index (χ4v) is 2.08. The van der Waals surface area contributed by atoms with Crippen LogP contribution in [-0.4, -0.2) is 36.2 Å². The number of ether oxygens (including phenoxy) is 1. The number of morpholine rings is 1. The lowest BCUT2D eigenvalue weighted by Gasteiger charge is -2.25. The summed E-state index contributed by atoms with van der Waals surface area (Å²) < 4.78 is 5.26. The maximum Gasteiger partial charge on any atom is 0.138 e. The Kier molecular flexibility index (Phi) is 2.77. The Balaban J connectivity index is 1.93. The van der Waals surface area contributed by atoms with Gasteiger partial charge in [0.05, 0.1) is 23.6 Å². The van der Waals surface area contributed by atoms with E-state index in [0.717, 1.165) is 32.8 Å². The highest BCUT2D eigenvalue weighted by Crippen LogP contribution is 2.17. The van der Waals surface area contributed by atoms with Crippen molar-refractivity contribution in [3.8, 4) is 0 Å². The van der Waals surface area contributed by atoms with Crippen molar-refractivity contribution in [3.05, 3.63) is 10.4 Å². The molecule has 1 aliphatic rings. The molecule has 2 heterocycles. The first-order valence-corrected chi connectivity index (χ1v) is 5.22. The van der Waals surface area contributed by atoms with Crippen LogP contribution in [0.25, 0.3) is 0 Å². The molecule has 0 spiro atoms. The molecule has 2 N–H and O–H groups in total. The van der Waals surface area contributed by atoms with Gasteiger partial charge < -0.3 is 10.5 Å². The largest absolute Gasteiger partial charge is 0.383 e. The van der Waals surface area contributed by atoms with Crippen LogP contribution in [0.3, 0.4) is 0 Å². The molecule has 1 aromatic heterocycles. The molecule has 0 aromatic carbocycles. The van der Waals surface area contributed by atoms with Crippen LogP contribution < -0.4 is 5.73 Å². The second kappa shape index (κ2) is 4.04. The van der Waals surface area contributed by atoms with Gasteiger partial charge in [0.25, 0.3) is 0 Å². The van der Waals surface area contributed by atoms with E-state index in [1.165, 1.54) is 4.88 Å². The molecule has 0 bridgehead atoms. The number of nitrogen functional groups attached to an aromatic ring is 1. The summed E-state index contributed by atoms with van der Waals surface area (Å²) in [5, 5.41) is 0. The summed E-state index contributed by atoms with van der Waals surface area (Å²) in [5.74, 6) is 0.677. The van der Waals surface area contributed by atoms with E-state index in [1.54, 1.807) is 16.8 Å². The summed E-state index contributed by atoms with van der Waals surface area (Å²) >= 11 is 1.62. The van der Waals surface area contributed by atoms with Crippen molar-refractivity contribution in [2.75, 3.05) is 32.0 Å². The maximum absolute atomic E-state index is 5.70. The average Bonchev–Trinajstić information content (AvgIpc) is 2.54. The Morgan fingerprint density at radius 2 is 2.31 bits per heavy atom. The fraction of sp³-hybridized carbons (Fsp3) is 0.625. The van der Waals surface area contributed by atoms with E-state index in [1.807, 2.05) is 0 Å². The number of aromatic nitrogens is 1. The quantitative estimate of drug-likeness (QED) is 0.756. The van der Waals surface area contributed by atoms with E-state index in [-0.39, 0.29) is 0 Å². The summed E-state index contributed by atoms with van der Waals surface area (Å²) in [6, 6.07) is 0. The zero-order chi connectivity index (χ0) is 9.10. The van der Waals surface area contributed by atoms with E-state index in [0.29, 0.717) is 5.82 Å². The van der Waals surface area contributed by atoms with Gasteiger partial charge in [-0.15, -0.1) is 11.3 Å². The van der Waals surface area contributed by atoms with Crippen molar-refractivity contribution in [2.45, 2.75) is 6.54 Å². The number of nitrogens with zero attached hydrogens (tertiary/aromatic N) is 2. The Morgan fingerprint density at radius 3 is 2.92 bits per heavy atom. The molecule has 0 amide bonds. The SMILES string of the molecule is Nc1ncsc1CN1CCOCC1. The van der Waals surface area contributed by atoms with Crippen molar-refractivity contribution in [1.82, 2.24) is 9.88 Å². The van der Waals surface area contributed by atoms with E-state index in [4.69, 9.17) is 10.5 Å². The fourth-order valence-electron chi connectivity index (χ4n) is 1.36. The minimum Gasteiger partial charge on any atom is -0.383 e. The van der Waals surface area contributed by atoms with E-state index in [2.05, 4.69) is 9.88 Å². The maximum atomic E-state index is 5.70. The van der Waals surface area contributed by atoms with Crippen LogP contribution in [0.2, 0.25) is 0 Å². The summed E-state index contributed by atoms with van der Waals surface area (Å²) in [6.45, 7) is 4.58. The smallest absolute Gasteiger partial charge is 0.138 e. The molecular weight excluding hydrogens is 186 g/mol. The molecule has 5 heteroatoms. The third-order valence-corrected chi connectivity index (χ3v) is 2.98. The van der Waals surface area contributed by atoms with Crippen molar-refractivity contribution < 1.29 is 4.74 Å². The van der Waals surface area contributed by atoms with E-state index >= 15 is 0 Å². The molecule has 72 valence electrons. The highest BCUT2D eigenvalue weighted by Gasteiger charge is 2.12. The number of hydrogen-bond acceptors (Lipinski definition) is 5.